The molecular weight excluding hydrogens is 349 g/mol. The number of alkyl halides is 3. The summed E-state index contributed by atoms with van der Waals surface area (Å²) in [5.74, 6) is 0.618. The zero-order chi connectivity index (χ0) is 18.7. The van der Waals surface area contributed by atoms with Crippen molar-refractivity contribution in [2.45, 2.75) is 19.4 Å². The molecule has 0 aliphatic rings. The molecule has 1 aromatic carbocycles. The van der Waals surface area contributed by atoms with Crippen LogP contribution in [0.5, 0.6) is 5.75 Å². The molecule has 0 unspecified atom stereocenters. The van der Waals surface area contributed by atoms with Crippen molar-refractivity contribution >= 4 is 5.65 Å². The lowest BCUT2D eigenvalue weighted by Gasteiger charge is -2.23. The molecule has 0 amide bonds. The second-order valence-electron chi connectivity index (χ2n) is 5.80. The van der Waals surface area contributed by atoms with Crippen LogP contribution in [0.3, 0.4) is 0 Å². The lowest BCUT2D eigenvalue weighted by molar-refractivity contribution is -0.151. The van der Waals surface area contributed by atoms with Gasteiger partial charge in [0.2, 0.25) is 0 Å². The molecule has 0 bridgehead atoms. The first kappa shape index (κ1) is 18.0. The molecule has 0 saturated heterocycles. The highest BCUT2D eigenvalue weighted by molar-refractivity contribution is 5.35. The molecule has 6 nitrogen and oxygen atoms in total. The maximum atomic E-state index is 13.0. The van der Waals surface area contributed by atoms with E-state index >= 15 is 0 Å². The van der Waals surface area contributed by atoms with E-state index in [4.69, 9.17) is 4.74 Å². The highest BCUT2D eigenvalue weighted by Crippen LogP contribution is 2.19. The fraction of sp³-hybridized carbons (Fsp3) is 0.294. The molecule has 3 rings (SSSR count). The van der Waals surface area contributed by atoms with E-state index in [2.05, 4.69) is 5.10 Å². The molecule has 3 aromatic rings. The molecule has 2 heterocycles. The van der Waals surface area contributed by atoms with Gasteiger partial charge < -0.3 is 4.74 Å². The third-order valence-corrected chi connectivity index (χ3v) is 3.79. The van der Waals surface area contributed by atoms with Crippen molar-refractivity contribution in [3.63, 3.8) is 0 Å². The number of rotatable bonds is 6. The zero-order valence-corrected chi connectivity index (χ0v) is 14.0. The van der Waals surface area contributed by atoms with Gasteiger partial charge >= 0.3 is 11.9 Å². The number of aromatic nitrogens is 3. The molecule has 0 N–H and O–H groups in total. The van der Waals surface area contributed by atoms with E-state index in [1.54, 1.807) is 42.5 Å². The number of benzene rings is 1. The van der Waals surface area contributed by atoms with Crippen LogP contribution in [0, 0.1) is 0 Å². The SMILES string of the molecule is COc1ccc(CN(Cn2nc3ccccn3c2=O)CC(F)(F)F)cc1. The van der Waals surface area contributed by atoms with Gasteiger partial charge in [-0.2, -0.15) is 17.9 Å². The quantitative estimate of drug-likeness (QED) is 0.673. The van der Waals surface area contributed by atoms with Crippen LogP contribution in [0.25, 0.3) is 5.65 Å². The Labute approximate surface area is 147 Å². The molecule has 138 valence electrons. The summed E-state index contributed by atoms with van der Waals surface area (Å²) in [6.07, 6.45) is -2.87. The molecule has 0 aliphatic carbocycles. The zero-order valence-electron chi connectivity index (χ0n) is 14.0. The number of ether oxygens (including phenoxy) is 1. The number of methoxy groups -OCH3 is 1. The molecule has 2 aromatic heterocycles. The van der Waals surface area contributed by atoms with Crippen molar-refractivity contribution in [3.05, 3.63) is 64.7 Å². The smallest absolute Gasteiger partial charge is 0.401 e. The van der Waals surface area contributed by atoms with Crippen molar-refractivity contribution in [1.82, 2.24) is 19.1 Å². The van der Waals surface area contributed by atoms with Crippen molar-refractivity contribution in [2.24, 2.45) is 0 Å². The van der Waals surface area contributed by atoms with E-state index in [-0.39, 0.29) is 13.2 Å². The molecule has 0 spiro atoms. The Morgan fingerprint density at radius 2 is 1.88 bits per heavy atom. The predicted molar refractivity (Wildman–Crippen MR) is 88.9 cm³/mol. The summed E-state index contributed by atoms with van der Waals surface area (Å²) in [7, 11) is 1.51. The lowest BCUT2D eigenvalue weighted by atomic mass is 10.2. The number of halogens is 3. The van der Waals surface area contributed by atoms with E-state index in [9.17, 15) is 18.0 Å². The van der Waals surface area contributed by atoms with Crippen LogP contribution in [0.4, 0.5) is 13.2 Å². The van der Waals surface area contributed by atoms with Crippen LogP contribution >= 0.6 is 0 Å². The number of nitrogens with zero attached hydrogens (tertiary/aromatic N) is 4. The highest BCUT2D eigenvalue weighted by atomic mass is 19.4. The predicted octanol–water partition coefficient (Wildman–Crippen LogP) is 2.53. The maximum absolute atomic E-state index is 13.0. The Morgan fingerprint density at radius 3 is 2.50 bits per heavy atom. The molecule has 0 radical (unpaired) electrons. The Morgan fingerprint density at radius 1 is 1.15 bits per heavy atom. The average Bonchev–Trinajstić information content (AvgIpc) is 2.90. The fourth-order valence-corrected chi connectivity index (χ4v) is 2.65. The van der Waals surface area contributed by atoms with E-state index in [0.29, 0.717) is 17.0 Å². The van der Waals surface area contributed by atoms with E-state index in [1.165, 1.54) is 17.7 Å². The van der Waals surface area contributed by atoms with E-state index < -0.39 is 18.4 Å². The van der Waals surface area contributed by atoms with E-state index in [0.717, 1.165) is 9.58 Å². The van der Waals surface area contributed by atoms with Crippen molar-refractivity contribution < 1.29 is 17.9 Å². The lowest BCUT2D eigenvalue weighted by Crippen LogP contribution is -2.38. The van der Waals surface area contributed by atoms with Gasteiger partial charge in [0, 0.05) is 12.7 Å². The number of fused-ring (bicyclic) bond motifs is 1. The van der Waals surface area contributed by atoms with Crippen LogP contribution in [0.15, 0.2) is 53.5 Å². The third kappa shape index (κ3) is 4.23. The molecule has 0 fully saturated rings. The van der Waals surface area contributed by atoms with Crippen LogP contribution < -0.4 is 10.4 Å². The first-order chi connectivity index (χ1) is 12.4. The van der Waals surface area contributed by atoms with Crippen LogP contribution in [0.2, 0.25) is 0 Å². The minimum absolute atomic E-state index is 0.0177. The van der Waals surface area contributed by atoms with Crippen LogP contribution in [-0.4, -0.2) is 38.9 Å². The van der Waals surface area contributed by atoms with E-state index in [1.807, 2.05) is 0 Å². The monoisotopic (exact) mass is 366 g/mol. The number of hydrogen-bond acceptors (Lipinski definition) is 4. The summed E-state index contributed by atoms with van der Waals surface area (Å²) < 4.78 is 46.3. The fourth-order valence-electron chi connectivity index (χ4n) is 2.65. The summed E-state index contributed by atoms with van der Waals surface area (Å²) in [4.78, 5) is 13.4. The molecule has 0 saturated carbocycles. The minimum Gasteiger partial charge on any atom is -0.497 e. The van der Waals surface area contributed by atoms with Crippen molar-refractivity contribution in [3.8, 4) is 5.75 Å². The van der Waals surface area contributed by atoms with Gasteiger partial charge in [0.25, 0.3) is 0 Å². The Kier molecular flexibility index (Phi) is 4.99. The van der Waals surface area contributed by atoms with Gasteiger partial charge in [-0.1, -0.05) is 18.2 Å². The Hall–Kier alpha value is -2.81. The van der Waals surface area contributed by atoms with Gasteiger partial charge in [0.05, 0.1) is 20.3 Å². The summed E-state index contributed by atoms with van der Waals surface area (Å²) >= 11 is 0. The molecular formula is C17H17F3N4O2. The van der Waals surface area contributed by atoms with Gasteiger partial charge in [-0.15, -0.1) is 5.10 Å². The topological polar surface area (TPSA) is 51.8 Å². The molecule has 9 heteroatoms. The maximum Gasteiger partial charge on any atom is 0.401 e. The molecule has 26 heavy (non-hydrogen) atoms. The Balaban J connectivity index is 1.85. The number of pyridine rings is 1. The summed E-state index contributed by atoms with van der Waals surface area (Å²) in [6.45, 7) is -1.41. The van der Waals surface area contributed by atoms with Gasteiger partial charge in [-0.3, -0.25) is 9.30 Å². The normalized spacial score (nSPS) is 12.0. The van der Waals surface area contributed by atoms with Gasteiger partial charge in [-0.25, -0.2) is 4.79 Å². The first-order valence-electron chi connectivity index (χ1n) is 7.82. The molecule has 0 atom stereocenters. The first-order valence-corrected chi connectivity index (χ1v) is 7.82. The average molecular weight is 366 g/mol. The van der Waals surface area contributed by atoms with Crippen LogP contribution in [-0.2, 0) is 13.2 Å². The van der Waals surface area contributed by atoms with Crippen molar-refractivity contribution in [1.29, 1.82) is 0 Å². The van der Waals surface area contributed by atoms with Gasteiger partial charge in [0.15, 0.2) is 5.65 Å². The molecule has 0 aliphatic heterocycles. The second kappa shape index (κ2) is 7.20. The summed E-state index contributed by atoms with van der Waals surface area (Å²) in [5.41, 5.74) is 0.572. The third-order valence-electron chi connectivity index (χ3n) is 3.79. The summed E-state index contributed by atoms with van der Waals surface area (Å²) in [5, 5.41) is 4.09. The minimum atomic E-state index is -4.39. The second-order valence-corrected chi connectivity index (χ2v) is 5.80. The standard InChI is InChI=1S/C17H17F3N4O2/c1-26-14-7-5-13(6-8-14)10-22(11-17(18,19)20)12-24-16(25)23-9-3-2-4-15(23)21-24/h2-9H,10-12H2,1H3. The summed E-state index contributed by atoms with van der Waals surface area (Å²) in [6, 6.07) is 11.7. The van der Waals surface area contributed by atoms with Crippen LogP contribution in [0.1, 0.15) is 5.56 Å². The van der Waals surface area contributed by atoms with Gasteiger partial charge in [-0.05, 0) is 29.8 Å². The van der Waals surface area contributed by atoms with Crippen molar-refractivity contribution in [2.75, 3.05) is 13.7 Å². The highest BCUT2D eigenvalue weighted by Gasteiger charge is 2.31. The van der Waals surface area contributed by atoms with Gasteiger partial charge in [0.1, 0.15) is 5.75 Å². The number of hydrogen-bond donors (Lipinski definition) is 0. The largest absolute Gasteiger partial charge is 0.497 e. The Bertz CT molecular complexity index is 932.